The lowest BCUT2D eigenvalue weighted by molar-refractivity contribution is -0.145. The van der Waals surface area contributed by atoms with E-state index in [9.17, 15) is 9.59 Å². The highest BCUT2D eigenvalue weighted by atomic mass is 16.5. The molecule has 0 bridgehead atoms. The molecule has 0 aromatic heterocycles. The third-order valence-electron chi connectivity index (χ3n) is 2.02. The Morgan fingerprint density at radius 3 is 2.58 bits per heavy atom. The van der Waals surface area contributed by atoms with E-state index in [-0.39, 0.29) is 5.91 Å². The number of aldehydes is 1. The molecule has 1 rings (SSSR count). The second kappa shape index (κ2) is 2.86. The summed E-state index contributed by atoms with van der Waals surface area (Å²) in [6.45, 7) is 5.29. The number of hydrogen-bond acceptors (Lipinski definition) is 3. The monoisotopic (exact) mass is 171 g/mol. The van der Waals surface area contributed by atoms with E-state index in [0.717, 1.165) is 6.29 Å². The van der Waals surface area contributed by atoms with Gasteiger partial charge in [0, 0.05) is 6.92 Å². The zero-order valence-electron chi connectivity index (χ0n) is 7.53. The maximum absolute atomic E-state index is 11.1. The van der Waals surface area contributed by atoms with Crippen molar-refractivity contribution < 1.29 is 14.3 Å². The molecule has 4 nitrogen and oxygen atoms in total. The van der Waals surface area contributed by atoms with Crippen molar-refractivity contribution in [3.63, 3.8) is 0 Å². The fourth-order valence-corrected chi connectivity index (χ4v) is 1.55. The quantitative estimate of drug-likeness (QED) is 0.528. The average Bonchev–Trinajstić information content (AvgIpc) is 2.24. The van der Waals surface area contributed by atoms with Crippen LogP contribution in [-0.4, -0.2) is 35.5 Å². The van der Waals surface area contributed by atoms with E-state index in [1.165, 1.54) is 11.8 Å². The summed E-state index contributed by atoms with van der Waals surface area (Å²) in [6.07, 6.45) is 0.746. The van der Waals surface area contributed by atoms with Crippen LogP contribution in [0.2, 0.25) is 0 Å². The molecule has 12 heavy (non-hydrogen) atoms. The number of ether oxygens (including phenoxy) is 1. The van der Waals surface area contributed by atoms with E-state index in [0.29, 0.717) is 6.61 Å². The number of carbonyl (C=O) groups excluding carboxylic acids is 2. The Bertz CT molecular complexity index is 212. The molecule has 1 aliphatic rings. The van der Waals surface area contributed by atoms with E-state index in [2.05, 4.69) is 0 Å². The standard InChI is InChI=1S/C8H13NO3/c1-6(11)9-7(4-10)5-12-8(9,2)3/h4,7H,5H2,1-3H3. The van der Waals surface area contributed by atoms with Gasteiger partial charge in [-0.25, -0.2) is 0 Å². The van der Waals surface area contributed by atoms with Crippen LogP contribution in [0.4, 0.5) is 0 Å². The third-order valence-corrected chi connectivity index (χ3v) is 2.02. The largest absolute Gasteiger partial charge is 0.354 e. The Labute approximate surface area is 71.5 Å². The summed E-state index contributed by atoms with van der Waals surface area (Å²) < 4.78 is 5.29. The molecule has 0 saturated carbocycles. The Kier molecular flexibility index (Phi) is 2.19. The summed E-state index contributed by atoms with van der Waals surface area (Å²) in [5, 5.41) is 0. The molecule has 0 spiro atoms. The van der Waals surface area contributed by atoms with E-state index in [1.807, 2.05) is 0 Å². The lowest BCUT2D eigenvalue weighted by Gasteiger charge is -2.30. The van der Waals surface area contributed by atoms with Crippen molar-refractivity contribution in [2.75, 3.05) is 6.61 Å². The van der Waals surface area contributed by atoms with Gasteiger partial charge in [0.05, 0.1) is 6.61 Å². The molecule has 1 amide bonds. The first-order chi connectivity index (χ1) is 5.49. The first-order valence-electron chi connectivity index (χ1n) is 3.88. The molecular weight excluding hydrogens is 158 g/mol. The van der Waals surface area contributed by atoms with Crippen LogP contribution >= 0.6 is 0 Å². The van der Waals surface area contributed by atoms with Gasteiger partial charge < -0.3 is 14.4 Å². The van der Waals surface area contributed by atoms with Gasteiger partial charge in [0.25, 0.3) is 0 Å². The number of hydrogen-bond donors (Lipinski definition) is 0. The molecule has 0 radical (unpaired) electrons. The Morgan fingerprint density at radius 1 is 1.67 bits per heavy atom. The molecule has 1 saturated heterocycles. The molecule has 4 heteroatoms. The molecule has 0 aromatic carbocycles. The van der Waals surface area contributed by atoms with Crippen molar-refractivity contribution >= 4 is 12.2 Å². The summed E-state index contributed by atoms with van der Waals surface area (Å²) in [5.74, 6) is -0.130. The van der Waals surface area contributed by atoms with Crippen molar-refractivity contribution in [3.8, 4) is 0 Å². The molecule has 0 aliphatic carbocycles. The number of rotatable bonds is 1. The first kappa shape index (κ1) is 9.19. The van der Waals surface area contributed by atoms with Gasteiger partial charge in [-0.05, 0) is 13.8 Å². The SMILES string of the molecule is CC(=O)N1C(C=O)COC1(C)C. The molecule has 1 unspecified atom stereocenters. The minimum absolute atomic E-state index is 0.130. The van der Waals surface area contributed by atoms with Gasteiger partial charge in [0.1, 0.15) is 18.1 Å². The first-order valence-corrected chi connectivity index (χ1v) is 3.88. The molecule has 1 aliphatic heterocycles. The van der Waals surface area contributed by atoms with E-state index < -0.39 is 11.8 Å². The highest BCUT2D eigenvalue weighted by molar-refractivity contribution is 5.78. The molecule has 0 aromatic rings. The minimum Gasteiger partial charge on any atom is -0.354 e. The van der Waals surface area contributed by atoms with Gasteiger partial charge in [-0.2, -0.15) is 0 Å². The molecule has 1 atom stereocenters. The molecule has 1 heterocycles. The lowest BCUT2D eigenvalue weighted by atomic mass is 10.2. The van der Waals surface area contributed by atoms with Crippen LogP contribution in [0.3, 0.4) is 0 Å². The zero-order chi connectivity index (χ0) is 9.35. The number of amides is 1. The van der Waals surface area contributed by atoms with Crippen molar-refractivity contribution in [1.82, 2.24) is 4.90 Å². The van der Waals surface area contributed by atoms with Gasteiger partial charge in [0.15, 0.2) is 0 Å². The highest BCUT2D eigenvalue weighted by Gasteiger charge is 2.41. The van der Waals surface area contributed by atoms with E-state index >= 15 is 0 Å². The normalized spacial score (nSPS) is 27.2. The van der Waals surface area contributed by atoms with Gasteiger partial charge in [-0.15, -0.1) is 0 Å². The minimum atomic E-state index is -0.641. The number of nitrogens with zero attached hydrogens (tertiary/aromatic N) is 1. The highest BCUT2D eigenvalue weighted by Crippen LogP contribution is 2.25. The molecule has 1 fully saturated rings. The summed E-state index contributed by atoms with van der Waals surface area (Å²) in [4.78, 5) is 23.1. The van der Waals surface area contributed by atoms with Crippen molar-refractivity contribution in [3.05, 3.63) is 0 Å². The van der Waals surface area contributed by atoms with Gasteiger partial charge in [-0.3, -0.25) is 4.79 Å². The van der Waals surface area contributed by atoms with E-state index in [4.69, 9.17) is 4.74 Å². The van der Waals surface area contributed by atoms with Crippen LogP contribution in [0.5, 0.6) is 0 Å². The summed E-state index contributed by atoms with van der Waals surface area (Å²) >= 11 is 0. The number of carbonyl (C=O) groups is 2. The topological polar surface area (TPSA) is 46.6 Å². The van der Waals surface area contributed by atoms with Gasteiger partial charge >= 0.3 is 0 Å². The summed E-state index contributed by atoms with van der Waals surface area (Å²) in [6, 6.07) is -0.419. The maximum atomic E-state index is 11.1. The molecule has 68 valence electrons. The van der Waals surface area contributed by atoms with Crippen LogP contribution < -0.4 is 0 Å². The van der Waals surface area contributed by atoms with Crippen LogP contribution in [0.1, 0.15) is 20.8 Å². The molecule has 0 N–H and O–H groups in total. The fraction of sp³-hybridized carbons (Fsp3) is 0.750. The Hall–Kier alpha value is -0.900. The van der Waals surface area contributed by atoms with Crippen LogP contribution in [-0.2, 0) is 14.3 Å². The smallest absolute Gasteiger partial charge is 0.222 e. The van der Waals surface area contributed by atoms with Crippen molar-refractivity contribution in [2.24, 2.45) is 0 Å². The Morgan fingerprint density at radius 2 is 2.25 bits per heavy atom. The van der Waals surface area contributed by atoms with Crippen LogP contribution in [0, 0.1) is 0 Å². The fourth-order valence-electron chi connectivity index (χ4n) is 1.55. The Balaban J connectivity index is 2.87. The second-order valence-electron chi connectivity index (χ2n) is 3.35. The lowest BCUT2D eigenvalue weighted by Crippen LogP contribution is -2.47. The maximum Gasteiger partial charge on any atom is 0.222 e. The van der Waals surface area contributed by atoms with Crippen LogP contribution in [0.25, 0.3) is 0 Å². The third kappa shape index (κ3) is 1.34. The summed E-state index contributed by atoms with van der Waals surface area (Å²) in [7, 11) is 0. The van der Waals surface area contributed by atoms with E-state index in [1.54, 1.807) is 13.8 Å². The average molecular weight is 171 g/mol. The van der Waals surface area contributed by atoms with Gasteiger partial charge in [0.2, 0.25) is 5.91 Å². The van der Waals surface area contributed by atoms with Gasteiger partial charge in [-0.1, -0.05) is 0 Å². The van der Waals surface area contributed by atoms with Crippen molar-refractivity contribution in [2.45, 2.75) is 32.5 Å². The second-order valence-corrected chi connectivity index (χ2v) is 3.35. The predicted octanol–water partition coefficient (Wildman–Crippen LogP) is 0.169. The molecular formula is C8H13NO3. The van der Waals surface area contributed by atoms with Crippen molar-refractivity contribution in [1.29, 1.82) is 0 Å². The predicted molar refractivity (Wildman–Crippen MR) is 42.4 cm³/mol. The zero-order valence-corrected chi connectivity index (χ0v) is 7.53. The van der Waals surface area contributed by atoms with Crippen LogP contribution in [0.15, 0.2) is 0 Å². The summed E-state index contributed by atoms with van der Waals surface area (Å²) in [5.41, 5.74) is -0.641.